The van der Waals surface area contributed by atoms with E-state index in [2.05, 4.69) is 0 Å². The summed E-state index contributed by atoms with van der Waals surface area (Å²) in [5.41, 5.74) is 0. The summed E-state index contributed by atoms with van der Waals surface area (Å²) in [4.78, 5) is 10.4. The minimum Gasteiger partial charge on any atom is -0.463 e. The lowest BCUT2D eigenvalue weighted by Crippen LogP contribution is -2.26. The molecule has 0 aliphatic carbocycles. The lowest BCUT2D eigenvalue weighted by Gasteiger charge is -2.20. The van der Waals surface area contributed by atoms with Crippen molar-refractivity contribution in [2.75, 3.05) is 13.2 Å². The predicted octanol–water partition coefficient (Wildman–Crippen LogP) is 0.474. The Morgan fingerprint density at radius 2 is 2.64 bits per heavy atom. The number of ether oxygens (including phenoxy) is 3. The molecule has 11 heavy (non-hydrogen) atoms. The van der Waals surface area contributed by atoms with Gasteiger partial charge in [-0.3, -0.25) is 4.79 Å². The average molecular weight is 159 g/mol. The van der Waals surface area contributed by atoms with Crippen LogP contribution >= 0.6 is 0 Å². The molecule has 1 rings (SSSR count). The summed E-state index contributed by atoms with van der Waals surface area (Å²) < 4.78 is 14.6. The first-order valence-electron chi connectivity index (χ1n) is 3.51. The highest BCUT2D eigenvalue weighted by molar-refractivity contribution is 5.65. The van der Waals surface area contributed by atoms with E-state index in [0.29, 0.717) is 13.2 Å². The van der Waals surface area contributed by atoms with Gasteiger partial charge in [0.25, 0.3) is 0 Å². The summed E-state index contributed by atoms with van der Waals surface area (Å²) in [5.74, 6) is -0.278. The number of hydrogen-bond donors (Lipinski definition) is 0. The van der Waals surface area contributed by atoms with E-state index >= 15 is 0 Å². The molecule has 0 bridgehead atoms. The number of esters is 1. The molecule has 0 aromatic heterocycles. The van der Waals surface area contributed by atoms with E-state index in [1.54, 1.807) is 0 Å². The number of carbonyl (C=O) groups is 1. The fourth-order valence-electron chi connectivity index (χ4n) is 0.766. The lowest BCUT2D eigenvalue weighted by atomic mass is 10.3. The van der Waals surface area contributed by atoms with E-state index in [1.165, 1.54) is 13.7 Å². The zero-order valence-electron chi connectivity index (χ0n) is 6.41. The summed E-state index contributed by atoms with van der Waals surface area (Å²) in [6.45, 7) is 3.61. The van der Waals surface area contributed by atoms with Crippen LogP contribution in [0.3, 0.4) is 0 Å². The third-order valence-corrected chi connectivity index (χ3v) is 1.35. The largest absolute Gasteiger partial charge is 0.463 e. The van der Waals surface area contributed by atoms with Crippen LogP contribution in [0.25, 0.3) is 0 Å². The molecule has 1 atom stereocenters. The second-order valence-corrected chi connectivity index (χ2v) is 2.32. The zero-order chi connectivity index (χ0) is 8.10. The van der Waals surface area contributed by atoms with Crippen LogP contribution in [0.2, 0.25) is 0 Å². The Hall–Kier alpha value is -0.610. The van der Waals surface area contributed by atoms with Gasteiger partial charge in [0, 0.05) is 13.3 Å². The number of rotatable bonds is 2. The van der Waals surface area contributed by atoms with Crippen LogP contribution in [0, 0.1) is 6.79 Å². The Kier molecular flexibility index (Phi) is 3.32. The molecule has 1 saturated heterocycles. The molecule has 1 heterocycles. The average Bonchev–Trinajstić information content (AvgIpc) is 2.03. The maximum Gasteiger partial charge on any atom is 0.302 e. The molecule has 1 fully saturated rings. The van der Waals surface area contributed by atoms with Crippen LogP contribution in [0.5, 0.6) is 0 Å². The van der Waals surface area contributed by atoms with Gasteiger partial charge in [0.1, 0.15) is 6.61 Å². The minimum absolute atomic E-state index is 0.0346. The first-order valence-corrected chi connectivity index (χ1v) is 3.51. The third kappa shape index (κ3) is 3.34. The van der Waals surface area contributed by atoms with Crippen molar-refractivity contribution < 1.29 is 19.0 Å². The molecule has 0 aromatic carbocycles. The quantitative estimate of drug-likeness (QED) is 0.549. The second kappa shape index (κ2) is 4.31. The third-order valence-electron chi connectivity index (χ3n) is 1.35. The second-order valence-electron chi connectivity index (χ2n) is 2.32. The summed E-state index contributed by atoms with van der Waals surface area (Å²) in [6.07, 6.45) is 0.733. The zero-order valence-corrected chi connectivity index (χ0v) is 6.41. The van der Waals surface area contributed by atoms with E-state index in [4.69, 9.17) is 14.2 Å². The van der Waals surface area contributed by atoms with Crippen LogP contribution in [0.15, 0.2) is 0 Å². The summed E-state index contributed by atoms with van der Waals surface area (Å²) >= 11 is 0. The van der Waals surface area contributed by atoms with Gasteiger partial charge in [-0.15, -0.1) is 0 Å². The predicted molar refractivity (Wildman–Crippen MR) is 36.4 cm³/mol. The van der Waals surface area contributed by atoms with Crippen molar-refractivity contribution in [1.29, 1.82) is 0 Å². The van der Waals surface area contributed by atoms with Crippen molar-refractivity contribution in [3.63, 3.8) is 0 Å². The standard InChI is InChI=1S/C7H11O4/c1-6(8)10-4-7-2-3-9-5-11-7/h5,7H,2-4H2,1H3. The van der Waals surface area contributed by atoms with Gasteiger partial charge >= 0.3 is 5.97 Å². The fourth-order valence-corrected chi connectivity index (χ4v) is 0.766. The molecule has 4 heteroatoms. The highest BCUT2D eigenvalue weighted by Gasteiger charge is 2.15. The lowest BCUT2D eigenvalue weighted by molar-refractivity contribution is -0.150. The summed E-state index contributed by atoms with van der Waals surface area (Å²) in [5, 5.41) is 0. The number of carbonyl (C=O) groups excluding carboxylic acids is 1. The molecule has 63 valence electrons. The Morgan fingerprint density at radius 3 is 3.18 bits per heavy atom. The van der Waals surface area contributed by atoms with E-state index in [0.717, 1.165) is 6.42 Å². The Morgan fingerprint density at radius 1 is 1.82 bits per heavy atom. The smallest absolute Gasteiger partial charge is 0.302 e. The Balaban J connectivity index is 2.09. The van der Waals surface area contributed by atoms with E-state index in [-0.39, 0.29) is 12.1 Å². The van der Waals surface area contributed by atoms with Gasteiger partial charge in [0.05, 0.1) is 12.7 Å². The molecule has 0 N–H and O–H groups in total. The monoisotopic (exact) mass is 159 g/mol. The van der Waals surface area contributed by atoms with Crippen molar-refractivity contribution in [2.45, 2.75) is 19.4 Å². The van der Waals surface area contributed by atoms with Crippen LogP contribution in [-0.2, 0) is 19.0 Å². The van der Waals surface area contributed by atoms with Gasteiger partial charge < -0.3 is 14.2 Å². The highest BCUT2D eigenvalue weighted by atomic mass is 16.7. The molecule has 1 aliphatic heterocycles. The first-order chi connectivity index (χ1) is 5.29. The first kappa shape index (κ1) is 8.49. The minimum atomic E-state index is -0.278. The topological polar surface area (TPSA) is 44.8 Å². The molecule has 0 spiro atoms. The maximum absolute atomic E-state index is 10.4. The SMILES string of the molecule is CC(=O)OCC1CCO[CH]O1. The van der Waals surface area contributed by atoms with Crippen molar-refractivity contribution in [2.24, 2.45) is 0 Å². The molecule has 0 amide bonds. The normalized spacial score (nSPS) is 24.6. The van der Waals surface area contributed by atoms with Crippen LogP contribution in [0.4, 0.5) is 0 Å². The highest BCUT2D eigenvalue weighted by Crippen LogP contribution is 2.08. The molecule has 0 saturated carbocycles. The van der Waals surface area contributed by atoms with Crippen molar-refractivity contribution in [3.8, 4) is 0 Å². The number of hydrogen-bond acceptors (Lipinski definition) is 4. The Bertz CT molecular complexity index is 128. The van der Waals surface area contributed by atoms with Gasteiger partial charge in [-0.2, -0.15) is 0 Å². The van der Waals surface area contributed by atoms with E-state index in [1.807, 2.05) is 0 Å². The maximum atomic E-state index is 10.4. The van der Waals surface area contributed by atoms with Gasteiger partial charge in [0.15, 0.2) is 0 Å². The van der Waals surface area contributed by atoms with Crippen LogP contribution < -0.4 is 0 Å². The van der Waals surface area contributed by atoms with E-state index < -0.39 is 0 Å². The summed E-state index contributed by atoms with van der Waals surface area (Å²) in [6, 6.07) is 0. The molecule has 1 aliphatic rings. The van der Waals surface area contributed by atoms with Crippen molar-refractivity contribution in [1.82, 2.24) is 0 Å². The van der Waals surface area contributed by atoms with Gasteiger partial charge in [0.2, 0.25) is 6.79 Å². The molecule has 1 radical (unpaired) electrons. The molecule has 1 unspecified atom stereocenters. The van der Waals surface area contributed by atoms with E-state index in [9.17, 15) is 4.79 Å². The van der Waals surface area contributed by atoms with Gasteiger partial charge in [-0.25, -0.2) is 0 Å². The fraction of sp³-hybridized carbons (Fsp3) is 0.714. The summed E-state index contributed by atoms with van der Waals surface area (Å²) in [7, 11) is 0. The molecular weight excluding hydrogens is 148 g/mol. The van der Waals surface area contributed by atoms with Gasteiger partial charge in [-0.1, -0.05) is 0 Å². The van der Waals surface area contributed by atoms with Crippen LogP contribution in [-0.4, -0.2) is 25.3 Å². The van der Waals surface area contributed by atoms with Crippen LogP contribution in [0.1, 0.15) is 13.3 Å². The van der Waals surface area contributed by atoms with Gasteiger partial charge in [-0.05, 0) is 0 Å². The molecule has 4 nitrogen and oxygen atoms in total. The van der Waals surface area contributed by atoms with Crippen molar-refractivity contribution in [3.05, 3.63) is 6.79 Å². The van der Waals surface area contributed by atoms with Crippen molar-refractivity contribution >= 4 is 5.97 Å². The Labute approximate surface area is 65.4 Å². The molecule has 0 aromatic rings. The molecular formula is C7H11O4.